The van der Waals surface area contributed by atoms with Gasteiger partial charge in [0.2, 0.25) is 0 Å². The second-order valence-corrected chi connectivity index (χ2v) is 22.6. The van der Waals surface area contributed by atoms with E-state index in [1.54, 1.807) is 146 Å². The summed E-state index contributed by atoms with van der Waals surface area (Å²) in [7, 11) is 0. The first-order valence-corrected chi connectivity index (χ1v) is 35.9. The van der Waals surface area contributed by atoms with Crippen LogP contribution in [0.5, 0.6) is 0 Å². The summed E-state index contributed by atoms with van der Waals surface area (Å²) >= 11 is 0. The highest BCUT2D eigenvalue weighted by molar-refractivity contribution is 6.31. The maximum atomic E-state index is 11.2. The first-order valence-electron chi connectivity index (χ1n) is 35.9. The van der Waals surface area contributed by atoms with Crippen molar-refractivity contribution in [3.63, 3.8) is 0 Å². The Bertz CT molecular complexity index is 3340. The Kier molecular flexibility index (Phi) is 49.5. The number of anilines is 6. The van der Waals surface area contributed by atoms with Crippen LogP contribution in [0.2, 0.25) is 0 Å². The third-order valence-corrected chi connectivity index (χ3v) is 12.3. The fourth-order valence-corrected chi connectivity index (χ4v) is 8.16. The van der Waals surface area contributed by atoms with Crippen molar-refractivity contribution in [2.75, 3.05) is 29.4 Å². The Labute approximate surface area is 638 Å². The van der Waals surface area contributed by atoms with E-state index in [9.17, 15) is 57.5 Å². The second kappa shape index (κ2) is 57.4. The van der Waals surface area contributed by atoms with E-state index in [1.165, 1.54) is 111 Å². The van der Waals surface area contributed by atoms with Crippen molar-refractivity contribution in [3.8, 4) is 0 Å². The summed E-state index contributed by atoms with van der Waals surface area (Å²) in [5.74, 6) is -3.38. The number of carbonyl (C=O) groups excluding carboxylic acids is 12. The molecule has 0 radical (unpaired) electrons. The number of rotatable bonds is 6. The fourth-order valence-electron chi connectivity index (χ4n) is 8.16. The molecule has 0 aromatic heterocycles. The van der Waals surface area contributed by atoms with E-state index in [1.807, 2.05) is 109 Å². The Balaban J connectivity index is 0.000000603. The van der Waals surface area contributed by atoms with Crippen LogP contribution < -0.4 is 29.4 Å². The molecule has 12 amide bonds. The summed E-state index contributed by atoms with van der Waals surface area (Å²) in [6.07, 6.45) is 22.8. The Morgan fingerprint density at radius 2 is 0.204 bits per heavy atom. The normalized spacial score (nSPS) is 13.1. The summed E-state index contributed by atoms with van der Waals surface area (Å²) in [5.41, 5.74) is 3.68. The third-order valence-electron chi connectivity index (χ3n) is 12.3. The zero-order valence-electron chi connectivity index (χ0n) is 64.0. The predicted octanol–water partition coefficient (Wildman–Crippen LogP) is 18.6. The lowest BCUT2D eigenvalue weighted by Gasteiger charge is -2.12. The van der Waals surface area contributed by atoms with Crippen molar-refractivity contribution in [1.82, 2.24) is 0 Å². The first-order chi connectivity index (χ1) is 52.2. The van der Waals surface area contributed by atoms with Gasteiger partial charge < -0.3 is 0 Å². The quantitative estimate of drug-likeness (QED) is 0.142. The Morgan fingerprint density at radius 1 is 0.139 bits per heavy atom. The molecule has 0 spiro atoms. The number of hydrogen-bond donors (Lipinski definition) is 0. The number of imide groups is 6. The molecule has 564 valence electrons. The number of carbonyl (C=O) groups is 12. The molecule has 6 heterocycles. The minimum Gasteiger partial charge on any atom is -0.269 e. The van der Waals surface area contributed by atoms with Crippen molar-refractivity contribution >= 4 is 105 Å². The lowest BCUT2D eigenvalue weighted by atomic mass is 10.3. The van der Waals surface area contributed by atoms with E-state index < -0.39 is 0 Å². The SMILES string of the molecule is CCC.CCC.CCC.CCC.CCC.CCC.O=C1C=CC(=O)N1c1ccccc1.O=C1C=CC(=O)N1c1ccccc1.O=C1C=CC(=O)N1c1ccccc1.O=C1C=CC(=O)N1c1ccccc1.O=C1C=CC(=O)N1c1ccccc1.O=C1C=CC(=O)N1c1ccccc1.c1ccccc1.c1ccccc1. The van der Waals surface area contributed by atoms with Gasteiger partial charge in [-0.15, -0.1) is 0 Å². The smallest absolute Gasteiger partial charge is 0.258 e. The highest BCUT2D eigenvalue weighted by atomic mass is 16.2. The van der Waals surface area contributed by atoms with E-state index in [0.717, 1.165) is 29.4 Å². The van der Waals surface area contributed by atoms with Gasteiger partial charge in [-0.1, -0.05) is 304 Å². The number of amides is 12. The van der Waals surface area contributed by atoms with Crippen molar-refractivity contribution in [2.24, 2.45) is 0 Å². The van der Waals surface area contributed by atoms with E-state index in [-0.39, 0.29) is 70.9 Å². The Morgan fingerprint density at radius 3 is 0.278 bits per heavy atom. The molecule has 0 bridgehead atoms. The van der Waals surface area contributed by atoms with Crippen LogP contribution in [0.15, 0.2) is 328 Å². The number of benzene rings is 8. The maximum absolute atomic E-state index is 11.2. The summed E-state index contributed by atoms with van der Waals surface area (Å²) < 4.78 is 0. The van der Waals surface area contributed by atoms with Gasteiger partial charge in [-0.05, 0) is 72.8 Å². The van der Waals surface area contributed by atoms with Gasteiger partial charge >= 0.3 is 0 Å². The van der Waals surface area contributed by atoms with Crippen molar-refractivity contribution < 1.29 is 57.5 Å². The molecule has 8 aromatic rings. The standard InChI is InChI=1S/6C10H7NO2.2C6H6.6C3H8/c6*12-9-6-7-10(13)11(9)8-4-2-1-3-5-8;2*1-2-4-6-5-3-1;6*1-3-2/h6*1-7H;2*1-6H;6*3H2,1-2H3. The van der Waals surface area contributed by atoms with Gasteiger partial charge in [-0.25, -0.2) is 29.4 Å². The van der Waals surface area contributed by atoms with Crippen molar-refractivity contribution in [1.29, 1.82) is 0 Å². The Hall–Kier alpha value is -13.0. The highest BCUT2D eigenvalue weighted by Crippen LogP contribution is 2.23. The van der Waals surface area contributed by atoms with E-state index >= 15 is 0 Å². The van der Waals surface area contributed by atoms with Gasteiger partial charge in [-0.3, -0.25) is 57.5 Å². The molecule has 14 rings (SSSR count). The van der Waals surface area contributed by atoms with Gasteiger partial charge in [0.15, 0.2) is 0 Å². The van der Waals surface area contributed by atoms with Crippen molar-refractivity contribution in [3.05, 3.63) is 328 Å². The molecule has 0 atom stereocenters. The topological polar surface area (TPSA) is 224 Å². The zero-order chi connectivity index (χ0) is 80.3. The molecule has 0 unspecified atom stereocenters. The summed E-state index contributed by atoms with van der Waals surface area (Å²) in [5, 5.41) is 0. The molecule has 6 aliphatic rings. The van der Waals surface area contributed by atoms with Crippen LogP contribution in [0, 0.1) is 0 Å². The lowest BCUT2D eigenvalue weighted by molar-refractivity contribution is -0.121. The van der Waals surface area contributed by atoms with Crippen molar-refractivity contribution in [2.45, 2.75) is 122 Å². The van der Waals surface area contributed by atoms with Crippen LogP contribution in [0.1, 0.15) is 122 Å². The third kappa shape index (κ3) is 35.5. The monoisotopic (exact) mass is 1460 g/mol. The van der Waals surface area contributed by atoms with E-state index in [4.69, 9.17) is 0 Å². The van der Waals surface area contributed by atoms with Gasteiger partial charge in [0.25, 0.3) is 70.9 Å². The van der Waals surface area contributed by atoms with Crippen LogP contribution in [-0.2, 0) is 57.5 Å². The molecule has 0 saturated heterocycles. The molecule has 18 nitrogen and oxygen atoms in total. The molecule has 0 N–H and O–H groups in total. The van der Waals surface area contributed by atoms with Gasteiger partial charge in [0, 0.05) is 72.9 Å². The number of para-hydroxylation sites is 6. The summed E-state index contributed by atoms with van der Waals surface area (Å²) in [4.78, 5) is 141. The molecule has 18 heteroatoms. The lowest BCUT2D eigenvalue weighted by Crippen LogP contribution is -2.29. The van der Waals surface area contributed by atoms with Crippen LogP contribution in [0.4, 0.5) is 34.1 Å². The highest BCUT2D eigenvalue weighted by Gasteiger charge is 2.29. The van der Waals surface area contributed by atoms with Gasteiger partial charge in [-0.2, -0.15) is 0 Å². The average molecular weight is 1460 g/mol. The van der Waals surface area contributed by atoms with E-state index in [2.05, 4.69) is 83.1 Å². The molecule has 108 heavy (non-hydrogen) atoms. The fraction of sp³-hybridized carbons (Fsp3) is 0.200. The molecular formula is C90H102N6O12. The zero-order valence-corrected chi connectivity index (χ0v) is 64.0. The maximum Gasteiger partial charge on any atom is 0.258 e. The van der Waals surface area contributed by atoms with Crippen LogP contribution >= 0.6 is 0 Å². The first kappa shape index (κ1) is 93.1. The van der Waals surface area contributed by atoms with Crippen LogP contribution in [0.3, 0.4) is 0 Å². The molecule has 6 aliphatic heterocycles. The average Bonchev–Trinajstić information content (AvgIpc) is 1.73. The van der Waals surface area contributed by atoms with E-state index in [0.29, 0.717) is 34.1 Å². The molecule has 0 fully saturated rings. The summed E-state index contributed by atoms with van der Waals surface area (Å²) in [6, 6.07) is 77.1. The molecular weight excluding hydrogens is 1360 g/mol. The second-order valence-electron chi connectivity index (χ2n) is 22.6. The predicted molar refractivity (Wildman–Crippen MR) is 437 cm³/mol. The van der Waals surface area contributed by atoms with Gasteiger partial charge in [0.1, 0.15) is 0 Å². The summed E-state index contributed by atoms with van der Waals surface area (Å²) in [6.45, 7) is 25.5. The molecule has 8 aromatic carbocycles. The minimum absolute atomic E-state index is 0.281. The van der Waals surface area contributed by atoms with Crippen LogP contribution in [-0.4, -0.2) is 70.9 Å². The molecule has 0 saturated carbocycles. The van der Waals surface area contributed by atoms with Crippen LogP contribution in [0.25, 0.3) is 0 Å². The minimum atomic E-state index is -0.281. The number of nitrogens with zero attached hydrogens (tertiary/aromatic N) is 6. The number of hydrogen-bond acceptors (Lipinski definition) is 12. The molecule has 0 aliphatic carbocycles. The largest absolute Gasteiger partial charge is 0.269 e. The van der Waals surface area contributed by atoms with Gasteiger partial charge in [0.05, 0.1) is 34.1 Å².